The first-order valence-corrected chi connectivity index (χ1v) is 13.9. The molecule has 1 atom stereocenters. The zero-order chi connectivity index (χ0) is 27.6. The number of ketones is 1. The molecule has 1 unspecified atom stereocenters. The second kappa shape index (κ2) is 18.2. The van der Waals surface area contributed by atoms with E-state index in [-0.39, 0.29) is 12.4 Å². The molecule has 37 heavy (non-hydrogen) atoms. The van der Waals surface area contributed by atoms with E-state index in [9.17, 15) is 22.8 Å². The zero-order valence-electron chi connectivity index (χ0n) is 23.0. The maximum absolute atomic E-state index is 12.4. The third kappa shape index (κ3) is 15.7. The van der Waals surface area contributed by atoms with Gasteiger partial charge in [-0.15, -0.1) is 0 Å². The van der Waals surface area contributed by atoms with Crippen LogP contribution in [0.1, 0.15) is 90.0 Å². The second-order valence-corrected chi connectivity index (χ2v) is 10.1. The maximum Gasteiger partial charge on any atom is 0.449 e. The van der Waals surface area contributed by atoms with Gasteiger partial charge in [0.1, 0.15) is 18.9 Å². The average Bonchev–Trinajstić information content (AvgIpc) is 2.84. The molecule has 0 aromatic heterocycles. The SMILES string of the molecule is CCCCCCCCCCCC[N+](C)(CCOc1ccc(CCC(=O)C(F)(F)F)cc1)CC(=O)OCC. The van der Waals surface area contributed by atoms with Crippen molar-refractivity contribution in [1.82, 2.24) is 0 Å². The van der Waals surface area contributed by atoms with Crippen molar-refractivity contribution in [2.75, 3.05) is 39.9 Å². The lowest BCUT2D eigenvalue weighted by atomic mass is 10.1. The summed E-state index contributed by atoms with van der Waals surface area (Å²) in [5, 5.41) is 0. The number of carbonyl (C=O) groups excluding carboxylic acids is 2. The largest absolute Gasteiger partial charge is 0.488 e. The molecule has 5 nitrogen and oxygen atoms in total. The van der Waals surface area contributed by atoms with Gasteiger partial charge >= 0.3 is 12.1 Å². The van der Waals surface area contributed by atoms with Crippen LogP contribution in [-0.4, -0.2) is 62.3 Å². The number of quaternary nitrogens is 1. The fraction of sp³-hybridized carbons (Fsp3) is 0.724. The van der Waals surface area contributed by atoms with Gasteiger partial charge in [-0.3, -0.25) is 4.79 Å². The van der Waals surface area contributed by atoms with Gasteiger partial charge in [0.2, 0.25) is 5.78 Å². The van der Waals surface area contributed by atoms with Gasteiger partial charge in [0.15, 0.2) is 6.54 Å². The molecule has 0 radical (unpaired) electrons. The van der Waals surface area contributed by atoms with Crippen LogP contribution in [-0.2, 0) is 20.7 Å². The molecule has 0 saturated carbocycles. The van der Waals surface area contributed by atoms with E-state index in [0.717, 1.165) is 19.4 Å². The summed E-state index contributed by atoms with van der Waals surface area (Å²) in [7, 11) is 2.05. The van der Waals surface area contributed by atoms with Gasteiger partial charge in [-0.05, 0) is 43.9 Å². The Morgan fingerprint density at radius 2 is 1.41 bits per heavy atom. The summed E-state index contributed by atoms with van der Waals surface area (Å²) in [6, 6.07) is 6.75. The summed E-state index contributed by atoms with van der Waals surface area (Å²) in [5.74, 6) is -1.32. The molecular formula is C29H47F3NO4+. The highest BCUT2D eigenvalue weighted by atomic mass is 19.4. The van der Waals surface area contributed by atoms with Crippen molar-refractivity contribution in [3.8, 4) is 5.75 Å². The average molecular weight is 531 g/mol. The van der Waals surface area contributed by atoms with Crippen LogP contribution in [0.25, 0.3) is 0 Å². The predicted molar refractivity (Wildman–Crippen MR) is 141 cm³/mol. The van der Waals surface area contributed by atoms with Crippen LogP contribution < -0.4 is 4.74 Å². The van der Waals surface area contributed by atoms with Crippen LogP contribution in [0.5, 0.6) is 5.75 Å². The first-order valence-electron chi connectivity index (χ1n) is 13.9. The molecule has 0 saturated heterocycles. The van der Waals surface area contributed by atoms with Crippen LogP contribution >= 0.6 is 0 Å². The van der Waals surface area contributed by atoms with E-state index < -0.39 is 18.4 Å². The fourth-order valence-electron chi connectivity index (χ4n) is 4.31. The number of esters is 1. The third-order valence-electron chi connectivity index (χ3n) is 6.65. The number of unbranched alkanes of at least 4 members (excludes halogenated alkanes) is 9. The minimum Gasteiger partial charge on any atom is -0.488 e. The lowest BCUT2D eigenvalue weighted by Gasteiger charge is -2.33. The maximum atomic E-state index is 12.4. The van der Waals surface area contributed by atoms with Gasteiger partial charge in [-0.25, -0.2) is 4.79 Å². The highest BCUT2D eigenvalue weighted by Crippen LogP contribution is 2.20. The molecule has 0 amide bonds. The van der Waals surface area contributed by atoms with Crippen LogP contribution in [0.3, 0.4) is 0 Å². The highest BCUT2D eigenvalue weighted by molar-refractivity contribution is 5.84. The van der Waals surface area contributed by atoms with Gasteiger partial charge in [0.05, 0.1) is 20.2 Å². The standard InChI is InChI=1S/C29H47F3NO4/c1-4-6-7-8-9-10-11-12-13-14-21-33(3,24-28(35)36-5-2)22-23-37-26-18-15-25(16-19-26)17-20-27(34)29(30,31)32/h15-16,18-19H,4-14,17,20-24H2,1-3H3/q+1. The lowest BCUT2D eigenvalue weighted by Crippen LogP contribution is -2.51. The monoisotopic (exact) mass is 530 g/mol. The minimum atomic E-state index is -4.79. The molecule has 0 aliphatic heterocycles. The quantitative estimate of drug-likeness (QED) is 0.0970. The molecule has 1 rings (SSSR count). The molecule has 0 bridgehead atoms. The van der Waals surface area contributed by atoms with E-state index >= 15 is 0 Å². The Kier molecular flexibility index (Phi) is 16.2. The van der Waals surface area contributed by atoms with Crippen molar-refractivity contribution in [1.29, 1.82) is 0 Å². The number of ether oxygens (including phenoxy) is 2. The number of carbonyl (C=O) groups is 2. The van der Waals surface area contributed by atoms with Gasteiger partial charge < -0.3 is 14.0 Å². The number of halogens is 3. The van der Waals surface area contributed by atoms with Crippen LogP contribution in [0.2, 0.25) is 0 Å². The summed E-state index contributed by atoms with van der Waals surface area (Å²) in [6.45, 7) is 6.59. The third-order valence-corrected chi connectivity index (χ3v) is 6.65. The van der Waals surface area contributed by atoms with E-state index in [1.807, 2.05) is 0 Å². The van der Waals surface area contributed by atoms with Crippen LogP contribution in [0, 0.1) is 0 Å². The Labute approximate surface area is 221 Å². The van der Waals surface area contributed by atoms with Crippen molar-refractivity contribution in [2.24, 2.45) is 0 Å². The highest BCUT2D eigenvalue weighted by Gasteiger charge is 2.37. The number of benzene rings is 1. The summed E-state index contributed by atoms with van der Waals surface area (Å²) < 4.78 is 48.7. The van der Waals surface area contributed by atoms with Gasteiger partial charge in [0, 0.05) is 6.42 Å². The van der Waals surface area contributed by atoms with Crippen molar-refractivity contribution < 1.29 is 36.7 Å². The number of rotatable bonds is 21. The van der Waals surface area contributed by atoms with Gasteiger partial charge in [-0.2, -0.15) is 13.2 Å². The molecule has 0 fully saturated rings. The van der Waals surface area contributed by atoms with Gasteiger partial charge in [0.25, 0.3) is 0 Å². The molecular weight excluding hydrogens is 483 g/mol. The number of Topliss-reactive ketones (excluding diaryl/α,β-unsaturated/α-hetero) is 1. The smallest absolute Gasteiger partial charge is 0.449 e. The Morgan fingerprint density at radius 1 is 0.838 bits per heavy atom. The zero-order valence-corrected chi connectivity index (χ0v) is 23.0. The first-order chi connectivity index (χ1) is 17.6. The van der Waals surface area contributed by atoms with E-state index in [0.29, 0.717) is 42.1 Å². The number of hydrogen-bond acceptors (Lipinski definition) is 4. The molecule has 0 heterocycles. The molecule has 1 aromatic rings. The number of hydrogen-bond donors (Lipinski definition) is 0. The molecule has 0 aliphatic rings. The van der Waals surface area contributed by atoms with E-state index in [1.165, 1.54) is 51.4 Å². The Hall–Kier alpha value is -2.09. The molecule has 1 aromatic carbocycles. The first kappa shape index (κ1) is 32.9. The molecule has 0 aliphatic carbocycles. The van der Waals surface area contributed by atoms with Crippen molar-refractivity contribution >= 4 is 11.8 Å². The van der Waals surface area contributed by atoms with E-state index in [2.05, 4.69) is 14.0 Å². The lowest BCUT2D eigenvalue weighted by molar-refractivity contribution is -0.902. The van der Waals surface area contributed by atoms with Crippen molar-refractivity contribution in [3.05, 3.63) is 29.8 Å². The summed E-state index contributed by atoms with van der Waals surface area (Å²) in [4.78, 5) is 23.3. The van der Waals surface area contributed by atoms with Crippen LogP contribution in [0.15, 0.2) is 24.3 Å². The van der Waals surface area contributed by atoms with E-state index in [1.54, 1.807) is 31.2 Å². The molecule has 0 spiro atoms. The van der Waals surface area contributed by atoms with Crippen LogP contribution in [0.4, 0.5) is 13.2 Å². The Balaban J connectivity index is 2.44. The summed E-state index contributed by atoms with van der Waals surface area (Å²) >= 11 is 0. The Bertz CT molecular complexity index is 767. The summed E-state index contributed by atoms with van der Waals surface area (Å²) in [6.07, 6.45) is 7.24. The molecule has 212 valence electrons. The number of alkyl halides is 3. The van der Waals surface area contributed by atoms with Crippen molar-refractivity contribution in [3.63, 3.8) is 0 Å². The topological polar surface area (TPSA) is 52.6 Å². The van der Waals surface area contributed by atoms with Gasteiger partial charge in [-0.1, -0.05) is 70.4 Å². The van der Waals surface area contributed by atoms with Crippen molar-refractivity contribution in [2.45, 2.75) is 97.1 Å². The predicted octanol–water partition coefficient (Wildman–Crippen LogP) is 7.06. The fourth-order valence-corrected chi connectivity index (χ4v) is 4.31. The summed E-state index contributed by atoms with van der Waals surface area (Å²) in [5.41, 5.74) is 0.647. The number of likely N-dealkylation sites (N-methyl/N-ethyl adjacent to an activating group) is 1. The Morgan fingerprint density at radius 3 is 1.95 bits per heavy atom. The van der Waals surface area contributed by atoms with E-state index in [4.69, 9.17) is 9.47 Å². The second-order valence-electron chi connectivity index (χ2n) is 10.1. The molecule has 8 heteroatoms. The number of nitrogens with zero attached hydrogens (tertiary/aromatic N) is 1. The normalized spacial score (nSPS) is 13.2. The minimum absolute atomic E-state index is 0.0337. The number of aryl methyl sites for hydroxylation is 1. The molecule has 0 N–H and O–H groups in total.